The lowest BCUT2D eigenvalue weighted by Gasteiger charge is -2.31. The fourth-order valence-corrected chi connectivity index (χ4v) is 5.84. The molecule has 0 radical (unpaired) electrons. The van der Waals surface area contributed by atoms with E-state index in [0.717, 1.165) is 28.0 Å². The van der Waals surface area contributed by atoms with Crippen LogP contribution in [0.25, 0.3) is 11.1 Å². The van der Waals surface area contributed by atoms with E-state index in [1.807, 2.05) is 112 Å². The monoisotopic (exact) mass is 678 g/mol. The summed E-state index contributed by atoms with van der Waals surface area (Å²) in [6.45, 7) is 6.21. The van der Waals surface area contributed by atoms with Crippen LogP contribution in [0, 0.1) is 0 Å². The zero-order valence-electron chi connectivity index (χ0n) is 29.2. The molecule has 0 aliphatic carbocycles. The Balaban J connectivity index is 1.50. The van der Waals surface area contributed by atoms with Crippen LogP contribution in [0.3, 0.4) is 0 Å². The smallest absolute Gasteiger partial charge is 0.306 e. The maximum Gasteiger partial charge on any atom is 0.306 e. The Morgan fingerprint density at radius 2 is 1.58 bits per heavy atom. The van der Waals surface area contributed by atoms with Crippen LogP contribution in [-0.4, -0.2) is 60.9 Å². The molecule has 2 N–H and O–H groups in total. The molecule has 4 aromatic rings. The first-order valence-corrected chi connectivity index (χ1v) is 17.0. The second kappa shape index (κ2) is 16.5. The van der Waals surface area contributed by atoms with Crippen molar-refractivity contribution in [3.05, 3.63) is 120 Å². The Morgan fingerprint density at radius 3 is 2.26 bits per heavy atom. The number of benzene rings is 4. The number of rotatable bonds is 15. The normalized spacial score (nSPS) is 17.0. The van der Waals surface area contributed by atoms with Crippen molar-refractivity contribution in [2.75, 3.05) is 26.9 Å². The van der Waals surface area contributed by atoms with Crippen molar-refractivity contribution in [3.8, 4) is 22.6 Å². The van der Waals surface area contributed by atoms with Crippen LogP contribution in [0.15, 0.2) is 108 Å². The molecule has 262 valence electrons. The summed E-state index contributed by atoms with van der Waals surface area (Å²) in [5, 5.41) is 12.2. The number of hydrogen-bond acceptors (Lipinski definition) is 8. The molecule has 0 saturated carbocycles. The zero-order valence-corrected chi connectivity index (χ0v) is 29.2. The number of esters is 1. The number of aliphatic hydroxyl groups is 1. The number of ether oxygens (including phenoxy) is 4. The summed E-state index contributed by atoms with van der Waals surface area (Å²) in [6.07, 6.45) is 0.273. The van der Waals surface area contributed by atoms with Gasteiger partial charge in [0.2, 0.25) is 5.90 Å². The van der Waals surface area contributed by atoms with Gasteiger partial charge in [0.15, 0.2) is 11.6 Å². The molecule has 0 unspecified atom stereocenters. The van der Waals surface area contributed by atoms with Crippen LogP contribution in [-0.2, 0) is 25.5 Å². The number of hydrogen-bond donors (Lipinski definition) is 2. The molecule has 1 heterocycles. The number of nitrogens with one attached hydrogen (secondary N) is 1. The molecule has 1 aliphatic heterocycles. The van der Waals surface area contributed by atoms with E-state index in [4.69, 9.17) is 29.0 Å². The average molecular weight is 679 g/mol. The summed E-state index contributed by atoms with van der Waals surface area (Å²) in [5.41, 5.74) is 2.34. The van der Waals surface area contributed by atoms with Crippen LogP contribution in [0.5, 0.6) is 11.5 Å². The predicted octanol–water partition coefficient (Wildman–Crippen LogP) is 6.86. The lowest BCUT2D eigenvalue weighted by atomic mass is 9.83. The largest absolute Gasteiger partial charge is 0.497 e. The highest BCUT2D eigenvalue weighted by atomic mass is 16.6. The van der Waals surface area contributed by atoms with Gasteiger partial charge < -0.3 is 29.4 Å². The minimum atomic E-state index is -1.48. The van der Waals surface area contributed by atoms with Gasteiger partial charge in [-0.2, -0.15) is 0 Å². The molecule has 5 rings (SSSR count). The maximum atomic E-state index is 14.5. The van der Waals surface area contributed by atoms with E-state index in [1.54, 1.807) is 19.2 Å². The van der Waals surface area contributed by atoms with Crippen molar-refractivity contribution < 1.29 is 33.6 Å². The summed E-state index contributed by atoms with van der Waals surface area (Å²) in [7, 11) is 1.62. The topological polar surface area (TPSA) is 116 Å². The Hall–Kier alpha value is -5.15. The van der Waals surface area contributed by atoms with E-state index in [2.05, 4.69) is 5.32 Å². The highest BCUT2D eigenvalue weighted by Crippen LogP contribution is 2.44. The molecule has 9 heteroatoms. The number of nitrogens with zero attached hydrogens (tertiary/aromatic N) is 1. The van der Waals surface area contributed by atoms with Gasteiger partial charge in [0.05, 0.1) is 13.7 Å². The van der Waals surface area contributed by atoms with Crippen LogP contribution in [0.4, 0.5) is 0 Å². The number of aliphatic imine (C=N–C) groups is 1. The third-order valence-electron chi connectivity index (χ3n) is 8.31. The summed E-state index contributed by atoms with van der Waals surface area (Å²) >= 11 is 0. The summed E-state index contributed by atoms with van der Waals surface area (Å²) in [6, 6.07) is 32.9. The first-order valence-electron chi connectivity index (χ1n) is 17.0. The molecule has 1 amide bonds. The van der Waals surface area contributed by atoms with E-state index in [9.17, 15) is 9.59 Å². The lowest BCUT2D eigenvalue weighted by Crippen LogP contribution is -2.49. The fourth-order valence-electron chi connectivity index (χ4n) is 5.84. The Bertz CT molecular complexity index is 1750. The summed E-state index contributed by atoms with van der Waals surface area (Å²) in [4.78, 5) is 32.6. The van der Waals surface area contributed by atoms with Gasteiger partial charge in [-0.05, 0) is 92.3 Å². The third kappa shape index (κ3) is 9.30. The number of carbonyl (C=O) groups excluding carboxylic acids is 2. The highest BCUT2D eigenvalue weighted by Gasteiger charge is 2.53. The molecule has 1 aliphatic rings. The van der Waals surface area contributed by atoms with Crippen molar-refractivity contribution in [1.29, 1.82) is 0 Å². The molecule has 0 saturated heterocycles. The van der Waals surface area contributed by atoms with Crippen molar-refractivity contribution in [2.24, 2.45) is 4.99 Å². The molecule has 0 aromatic heterocycles. The van der Waals surface area contributed by atoms with Gasteiger partial charge in [-0.15, -0.1) is 0 Å². The second-order valence-electron chi connectivity index (χ2n) is 13.2. The van der Waals surface area contributed by atoms with Crippen LogP contribution >= 0.6 is 0 Å². The first-order chi connectivity index (χ1) is 24.1. The minimum Gasteiger partial charge on any atom is -0.497 e. The predicted molar refractivity (Wildman–Crippen MR) is 193 cm³/mol. The van der Waals surface area contributed by atoms with Crippen LogP contribution in [0.2, 0.25) is 0 Å². The number of carbonyl (C=O) groups is 2. The lowest BCUT2D eigenvalue weighted by molar-refractivity contribution is -0.155. The van der Waals surface area contributed by atoms with Crippen molar-refractivity contribution >= 4 is 17.8 Å². The van der Waals surface area contributed by atoms with Crippen LogP contribution in [0.1, 0.15) is 62.8 Å². The van der Waals surface area contributed by atoms with Gasteiger partial charge in [0.1, 0.15) is 17.1 Å². The van der Waals surface area contributed by atoms with Gasteiger partial charge in [-0.3, -0.25) is 9.59 Å². The van der Waals surface area contributed by atoms with Gasteiger partial charge in [0, 0.05) is 31.6 Å². The van der Waals surface area contributed by atoms with E-state index in [1.165, 1.54) is 0 Å². The minimum absolute atomic E-state index is 0.0447. The maximum absolute atomic E-state index is 14.5. The van der Waals surface area contributed by atoms with Gasteiger partial charge in [-0.25, -0.2) is 4.99 Å². The summed E-state index contributed by atoms with van der Waals surface area (Å²) < 4.78 is 23.4. The van der Waals surface area contributed by atoms with E-state index >= 15 is 0 Å². The van der Waals surface area contributed by atoms with E-state index in [0.29, 0.717) is 37.3 Å². The van der Waals surface area contributed by atoms with Crippen molar-refractivity contribution in [1.82, 2.24) is 5.32 Å². The third-order valence-corrected chi connectivity index (χ3v) is 8.31. The number of amides is 1. The Kier molecular flexibility index (Phi) is 11.9. The SMILES string of the molecule is COc1cccc(CCNC(=O)[C@]2(CCC(=O)OC(C)(C)C)N=C(c3ccc(OCCCO)cc3)O[C@@H]2c2ccc(-c3ccccc3)cc2)c1. The standard InChI is InChI=1S/C41H46N2O7/c1-40(2,3)50-36(45)22-24-41(39(46)42-25-23-29-10-8-13-35(28-29)47-4)37(32-16-14-31(15-17-32)30-11-6-5-7-12-30)49-38(43-41)33-18-20-34(21-19-33)48-27-9-26-44/h5-8,10-21,28,37,44H,9,22-27H2,1-4H3,(H,42,46)/t37-,41-/m1/s1. The molecular weight excluding hydrogens is 632 g/mol. The van der Waals surface area contributed by atoms with Gasteiger partial charge in [-0.1, -0.05) is 66.7 Å². The van der Waals surface area contributed by atoms with Crippen molar-refractivity contribution in [3.63, 3.8) is 0 Å². The zero-order chi connectivity index (χ0) is 35.6. The van der Waals surface area contributed by atoms with Gasteiger partial charge in [0.25, 0.3) is 5.91 Å². The fraction of sp³-hybridized carbons (Fsp3) is 0.341. The quantitative estimate of drug-likeness (QED) is 0.104. The molecule has 50 heavy (non-hydrogen) atoms. The molecule has 0 spiro atoms. The Morgan fingerprint density at radius 1 is 0.880 bits per heavy atom. The van der Waals surface area contributed by atoms with Gasteiger partial charge >= 0.3 is 5.97 Å². The average Bonchev–Trinajstić information content (AvgIpc) is 3.52. The molecule has 0 fully saturated rings. The first kappa shape index (κ1) is 36.1. The molecule has 9 nitrogen and oxygen atoms in total. The molecule has 0 bridgehead atoms. The van der Waals surface area contributed by atoms with E-state index < -0.39 is 23.2 Å². The second-order valence-corrected chi connectivity index (χ2v) is 13.2. The van der Waals surface area contributed by atoms with Crippen LogP contribution < -0.4 is 14.8 Å². The van der Waals surface area contributed by atoms with E-state index in [-0.39, 0.29) is 31.3 Å². The number of aliphatic hydroxyl groups excluding tert-OH is 1. The molecule has 2 atom stereocenters. The number of methoxy groups -OCH3 is 1. The highest BCUT2D eigenvalue weighted by molar-refractivity contribution is 6.01. The Labute approximate surface area is 294 Å². The molecular formula is C41H46N2O7. The molecule has 4 aromatic carbocycles. The summed E-state index contributed by atoms with van der Waals surface area (Å²) in [5.74, 6) is 0.897. The van der Waals surface area contributed by atoms with Crippen molar-refractivity contribution in [2.45, 2.75) is 63.7 Å².